The summed E-state index contributed by atoms with van der Waals surface area (Å²) in [5, 5.41) is 12.4. The zero-order valence-electron chi connectivity index (χ0n) is 13.6. The van der Waals surface area contributed by atoms with E-state index in [1.165, 1.54) is 36.9 Å². The van der Waals surface area contributed by atoms with Gasteiger partial charge in [0, 0.05) is 30.0 Å². The van der Waals surface area contributed by atoms with E-state index in [4.69, 9.17) is 0 Å². The van der Waals surface area contributed by atoms with E-state index in [9.17, 15) is 0 Å². The van der Waals surface area contributed by atoms with E-state index in [1.54, 1.807) is 0 Å². The van der Waals surface area contributed by atoms with Gasteiger partial charge in [-0.05, 0) is 33.6 Å². The highest BCUT2D eigenvalue weighted by molar-refractivity contribution is 5.85. The summed E-state index contributed by atoms with van der Waals surface area (Å²) in [6, 6.07) is 1.01. The van der Waals surface area contributed by atoms with Crippen molar-refractivity contribution in [2.24, 2.45) is 0 Å². The number of nitrogens with zero attached hydrogens (tertiary/aromatic N) is 4. The second-order valence-corrected chi connectivity index (χ2v) is 6.29. The molecule has 1 aliphatic carbocycles. The average Bonchev–Trinajstić information content (AvgIpc) is 3.17. The fraction of sp³-hybridized carbons (Fsp3) is 0.625. The lowest BCUT2D eigenvalue weighted by Gasteiger charge is -2.10. The first-order valence-corrected chi connectivity index (χ1v) is 7.96. The minimum Gasteiger partial charge on any atom is -0.378 e. The standard InChI is InChI=1S/C16H25N5.ClH/c1-12(2)21-13(3)14(9-19-21)8-17-15-10-18-20(11-15)16-6-4-5-7-16;/h9-12,16-17H,4-8H2,1-3H3;1H. The smallest absolute Gasteiger partial charge is 0.0729 e. The average molecular weight is 324 g/mol. The van der Waals surface area contributed by atoms with Gasteiger partial charge in [-0.2, -0.15) is 10.2 Å². The van der Waals surface area contributed by atoms with Crippen LogP contribution in [0, 0.1) is 6.92 Å². The lowest BCUT2D eigenvalue weighted by Crippen LogP contribution is -2.06. The summed E-state index contributed by atoms with van der Waals surface area (Å²) in [4.78, 5) is 0. The van der Waals surface area contributed by atoms with E-state index in [2.05, 4.69) is 51.8 Å². The zero-order chi connectivity index (χ0) is 14.8. The Morgan fingerprint density at radius 2 is 1.95 bits per heavy atom. The molecule has 5 nitrogen and oxygen atoms in total. The summed E-state index contributed by atoms with van der Waals surface area (Å²) in [6.45, 7) is 7.24. The zero-order valence-corrected chi connectivity index (χ0v) is 14.4. The van der Waals surface area contributed by atoms with Crippen LogP contribution in [0.25, 0.3) is 0 Å². The summed E-state index contributed by atoms with van der Waals surface area (Å²) in [6.07, 6.45) is 11.2. The summed E-state index contributed by atoms with van der Waals surface area (Å²) < 4.78 is 4.19. The topological polar surface area (TPSA) is 47.7 Å². The van der Waals surface area contributed by atoms with Crippen molar-refractivity contribution < 1.29 is 0 Å². The highest BCUT2D eigenvalue weighted by Gasteiger charge is 2.17. The number of anilines is 1. The molecule has 6 heteroatoms. The summed E-state index contributed by atoms with van der Waals surface area (Å²) in [7, 11) is 0. The van der Waals surface area contributed by atoms with Gasteiger partial charge in [0.15, 0.2) is 0 Å². The van der Waals surface area contributed by atoms with Crippen LogP contribution >= 0.6 is 12.4 Å². The molecule has 2 heterocycles. The molecule has 3 rings (SSSR count). The van der Waals surface area contributed by atoms with Crippen LogP contribution in [0.4, 0.5) is 5.69 Å². The second-order valence-electron chi connectivity index (χ2n) is 6.29. The minimum atomic E-state index is 0. The summed E-state index contributed by atoms with van der Waals surface area (Å²) >= 11 is 0. The van der Waals surface area contributed by atoms with E-state index < -0.39 is 0 Å². The van der Waals surface area contributed by atoms with Gasteiger partial charge in [-0.25, -0.2) is 0 Å². The fourth-order valence-corrected chi connectivity index (χ4v) is 3.15. The number of nitrogens with one attached hydrogen (secondary N) is 1. The molecule has 0 unspecified atom stereocenters. The molecule has 2 aromatic rings. The van der Waals surface area contributed by atoms with Crippen molar-refractivity contribution in [1.82, 2.24) is 19.6 Å². The van der Waals surface area contributed by atoms with Crippen molar-refractivity contribution in [2.45, 2.75) is 65.1 Å². The first-order valence-electron chi connectivity index (χ1n) is 7.96. The van der Waals surface area contributed by atoms with Crippen LogP contribution in [0.2, 0.25) is 0 Å². The lowest BCUT2D eigenvalue weighted by atomic mass is 10.2. The highest BCUT2D eigenvalue weighted by atomic mass is 35.5. The number of rotatable bonds is 5. The van der Waals surface area contributed by atoms with Crippen LogP contribution in [0.3, 0.4) is 0 Å². The minimum absolute atomic E-state index is 0. The van der Waals surface area contributed by atoms with Gasteiger partial charge in [0.2, 0.25) is 0 Å². The summed E-state index contributed by atoms with van der Waals surface area (Å²) in [5.41, 5.74) is 3.58. The monoisotopic (exact) mass is 323 g/mol. The molecule has 1 aliphatic rings. The van der Waals surface area contributed by atoms with Crippen LogP contribution in [0.1, 0.15) is 62.9 Å². The Labute approximate surface area is 138 Å². The molecule has 0 aromatic carbocycles. The Morgan fingerprint density at radius 3 is 2.59 bits per heavy atom. The van der Waals surface area contributed by atoms with Crippen LogP contribution in [0.15, 0.2) is 18.6 Å². The Balaban J connectivity index is 0.00000176. The van der Waals surface area contributed by atoms with Crippen LogP contribution in [0.5, 0.6) is 0 Å². The largest absolute Gasteiger partial charge is 0.378 e. The fourth-order valence-electron chi connectivity index (χ4n) is 3.15. The Hall–Kier alpha value is -1.49. The van der Waals surface area contributed by atoms with Crippen LogP contribution in [-0.4, -0.2) is 19.6 Å². The highest BCUT2D eigenvalue weighted by Crippen LogP contribution is 2.29. The van der Waals surface area contributed by atoms with Gasteiger partial charge in [-0.1, -0.05) is 12.8 Å². The number of aromatic nitrogens is 4. The Bertz CT molecular complexity index is 595. The molecule has 1 saturated carbocycles. The third-order valence-corrected chi connectivity index (χ3v) is 4.42. The molecule has 122 valence electrons. The number of hydrogen-bond acceptors (Lipinski definition) is 3. The van der Waals surface area contributed by atoms with Gasteiger partial charge in [0.1, 0.15) is 0 Å². The maximum Gasteiger partial charge on any atom is 0.0729 e. The molecule has 0 saturated heterocycles. The van der Waals surface area contributed by atoms with E-state index in [1.807, 2.05) is 12.4 Å². The number of hydrogen-bond donors (Lipinski definition) is 1. The molecule has 1 N–H and O–H groups in total. The van der Waals surface area contributed by atoms with Gasteiger partial charge >= 0.3 is 0 Å². The molecule has 0 spiro atoms. The van der Waals surface area contributed by atoms with Gasteiger partial charge in [0.25, 0.3) is 0 Å². The van der Waals surface area contributed by atoms with Crippen LogP contribution < -0.4 is 5.32 Å². The normalized spacial score (nSPS) is 15.3. The van der Waals surface area contributed by atoms with Crippen LogP contribution in [-0.2, 0) is 6.54 Å². The Morgan fingerprint density at radius 1 is 1.23 bits per heavy atom. The van der Waals surface area contributed by atoms with E-state index in [0.717, 1.165) is 12.2 Å². The van der Waals surface area contributed by atoms with Gasteiger partial charge in [0.05, 0.1) is 24.1 Å². The van der Waals surface area contributed by atoms with Crippen molar-refractivity contribution >= 4 is 18.1 Å². The van der Waals surface area contributed by atoms with Crippen molar-refractivity contribution in [3.8, 4) is 0 Å². The molecule has 0 aliphatic heterocycles. The first kappa shape index (κ1) is 16.9. The van der Waals surface area contributed by atoms with E-state index in [0.29, 0.717) is 12.1 Å². The molecule has 1 fully saturated rings. The molecule has 2 aromatic heterocycles. The van der Waals surface area contributed by atoms with Gasteiger partial charge in [-0.3, -0.25) is 9.36 Å². The van der Waals surface area contributed by atoms with Crippen molar-refractivity contribution in [3.05, 3.63) is 29.8 Å². The molecule has 0 bridgehead atoms. The van der Waals surface area contributed by atoms with Crippen molar-refractivity contribution in [1.29, 1.82) is 0 Å². The molecule has 22 heavy (non-hydrogen) atoms. The lowest BCUT2D eigenvalue weighted by molar-refractivity contribution is 0.467. The van der Waals surface area contributed by atoms with Gasteiger partial charge < -0.3 is 5.32 Å². The van der Waals surface area contributed by atoms with Crippen molar-refractivity contribution in [3.63, 3.8) is 0 Å². The summed E-state index contributed by atoms with van der Waals surface area (Å²) in [5.74, 6) is 0. The predicted molar refractivity (Wildman–Crippen MR) is 91.7 cm³/mol. The Kier molecular flexibility index (Phi) is 5.51. The predicted octanol–water partition coefficient (Wildman–Crippen LogP) is 4.12. The number of halogens is 1. The molecular formula is C16H26ClN5. The molecule has 0 amide bonds. The molecule has 0 radical (unpaired) electrons. The quantitative estimate of drug-likeness (QED) is 0.900. The SMILES string of the molecule is Cc1c(CNc2cnn(C3CCCC3)c2)cnn1C(C)C.Cl. The molecular weight excluding hydrogens is 298 g/mol. The van der Waals surface area contributed by atoms with E-state index >= 15 is 0 Å². The maximum absolute atomic E-state index is 4.50. The third kappa shape index (κ3) is 3.46. The van der Waals surface area contributed by atoms with E-state index in [-0.39, 0.29) is 12.4 Å². The van der Waals surface area contributed by atoms with Gasteiger partial charge in [-0.15, -0.1) is 12.4 Å². The maximum atomic E-state index is 4.50. The van der Waals surface area contributed by atoms with Crippen molar-refractivity contribution in [2.75, 3.05) is 5.32 Å². The first-order chi connectivity index (χ1) is 10.1. The molecule has 0 atom stereocenters. The third-order valence-electron chi connectivity index (χ3n) is 4.42. The second kappa shape index (κ2) is 7.18.